The van der Waals surface area contributed by atoms with Crippen LogP contribution in [0.15, 0.2) is 12.2 Å². The molecule has 0 N–H and O–H groups in total. The molecule has 0 aromatic rings. The third-order valence-electron chi connectivity index (χ3n) is 4.22. The lowest BCUT2D eigenvalue weighted by Gasteiger charge is -2.00. The molecule has 23 heavy (non-hydrogen) atoms. The number of hydrogen-bond donors (Lipinski definition) is 0. The topological polar surface area (TPSA) is 55.9 Å². The van der Waals surface area contributed by atoms with Crippen LogP contribution in [0, 0.1) is 0 Å². The first-order valence-electron chi connectivity index (χ1n) is 9.10. The number of rotatable bonds is 14. The van der Waals surface area contributed by atoms with Gasteiger partial charge in [0.25, 0.3) is 0 Å². The third-order valence-corrected chi connectivity index (χ3v) is 4.22. The fourth-order valence-electron chi connectivity index (χ4n) is 2.64. The molecule has 0 bridgehead atoms. The Kier molecular flexibility index (Phi) is 10.6. The smallest absolute Gasteiger partial charge is 0.305 e. The molecule has 1 aliphatic rings. The molecule has 132 valence electrons. The van der Waals surface area contributed by atoms with E-state index in [4.69, 9.17) is 4.74 Å². The van der Waals surface area contributed by atoms with Crippen molar-refractivity contribution in [2.75, 3.05) is 7.11 Å². The molecule has 2 unspecified atom stereocenters. The third kappa shape index (κ3) is 10.3. The number of methoxy groups -OCH3 is 1. The minimum absolute atomic E-state index is 0.138. The first-order valence-corrected chi connectivity index (χ1v) is 9.10. The predicted octanol–water partition coefficient (Wildman–Crippen LogP) is 4.36. The molecule has 1 fully saturated rings. The summed E-state index contributed by atoms with van der Waals surface area (Å²) < 4.78 is 10.1. The van der Waals surface area contributed by atoms with Gasteiger partial charge in [0.1, 0.15) is 6.10 Å². The van der Waals surface area contributed by atoms with Gasteiger partial charge in [-0.2, -0.15) is 0 Å². The van der Waals surface area contributed by atoms with Gasteiger partial charge in [0.15, 0.2) is 5.78 Å². The summed E-state index contributed by atoms with van der Waals surface area (Å²) in [5.74, 6) is 0.0583. The Morgan fingerprint density at radius 1 is 1.00 bits per heavy atom. The average Bonchev–Trinajstić information content (AvgIpc) is 3.30. The minimum Gasteiger partial charge on any atom is -0.469 e. The molecule has 0 amide bonds. The van der Waals surface area contributed by atoms with E-state index in [1.54, 1.807) is 6.08 Å². The second-order valence-electron chi connectivity index (χ2n) is 6.30. The summed E-state index contributed by atoms with van der Waals surface area (Å²) in [5, 5.41) is 0. The van der Waals surface area contributed by atoms with Crippen LogP contribution in [0.2, 0.25) is 0 Å². The van der Waals surface area contributed by atoms with E-state index < -0.39 is 0 Å². The minimum atomic E-state index is -0.138. The number of allylic oxidation sites excluding steroid dienone is 1. The van der Waals surface area contributed by atoms with Gasteiger partial charge < -0.3 is 9.47 Å². The van der Waals surface area contributed by atoms with E-state index >= 15 is 0 Å². The molecule has 1 heterocycles. The zero-order valence-corrected chi connectivity index (χ0v) is 14.7. The van der Waals surface area contributed by atoms with Gasteiger partial charge in [-0.05, 0) is 31.4 Å². The maximum absolute atomic E-state index is 11.8. The van der Waals surface area contributed by atoms with Crippen LogP contribution in [0.4, 0.5) is 0 Å². The molecule has 2 atom stereocenters. The molecule has 1 aliphatic heterocycles. The maximum atomic E-state index is 11.8. The van der Waals surface area contributed by atoms with Gasteiger partial charge in [-0.1, -0.05) is 45.4 Å². The van der Waals surface area contributed by atoms with Crippen molar-refractivity contribution in [3.8, 4) is 0 Å². The normalized spacial score (nSPS) is 19.9. The molecule has 0 radical (unpaired) electrons. The monoisotopic (exact) mass is 324 g/mol. The second kappa shape index (κ2) is 12.3. The van der Waals surface area contributed by atoms with E-state index in [0.29, 0.717) is 18.9 Å². The highest BCUT2D eigenvalue weighted by molar-refractivity contribution is 5.89. The Balaban J connectivity index is 1.93. The highest BCUT2D eigenvalue weighted by atomic mass is 16.6. The molecule has 4 heteroatoms. The summed E-state index contributed by atoms with van der Waals surface area (Å²) in [6.45, 7) is 2.20. The Labute approximate surface area is 140 Å². The van der Waals surface area contributed by atoms with Crippen LogP contribution in [-0.2, 0) is 19.1 Å². The molecule has 0 spiro atoms. The fourth-order valence-corrected chi connectivity index (χ4v) is 2.64. The number of carbonyl (C=O) groups is 2. The van der Waals surface area contributed by atoms with Crippen LogP contribution in [-0.4, -0.2) is 31.1 Å². The van der Waals surface area contributed by atoms with Crippen LogP contribution >= 0.6 is 0 Å². The first kappa shape index (κ1) is 19.9. The van der Waals surface area contributed by atoms with Crippen molar-refractivity contribution in [1.29, 1.82) is 0 Å². The average molecular weight is 324 g/mol. The fraction of sp³-hybridized carbons (Fsp3) is 0.789. The van der Waals surface area contributed by atoms with Crippen LogP contribution in [0.5, 0.6) is 0 Å². The molecule has 1 rings (SSSR count). The number of ketones is 1. The second-order valence-corrected chi connectivity index (χ2v) is 6.30. The van der Waals surface area contributed by atoms with E-state index in [9.17, 15) is 9.59 Å². The zero-order chi connectivity index (χ0) is 16.9. The van der Waals surface area contributed by atoms with Gasteiger partial charge in [0, 0.05) is 12.8 Å². The lowest BCUT2D eigenvalue weighted by Crippen LogP contribution is -1.99. The zero-order valence-electron chi connectivity index (χ0n) is 14.7. The van der Waals surface area contributed by atoms with Crippen molar-refractivity contribution in [3.63, 3.8) is 0 Å². The van der Waals surface area contributed by atoms with Gasteiger partial charge >= 0.3 is 5.97 Å². The summed E-state index contributed by atoms with van der Waals surface area (Å²) >= 11 is 0. The van der Waals surface area contributed by atoms with E-state index in [2.05, 4.69) is 11.7 Å². The summed E-state index contributed by atoms with van der Waals surface area (Å²) in [4.78, 5) is 22.7. The Morgan fingerprint density at radius 2 is 1.70 bits per heavy atom. The predicted molar refractivity (Wildman–Crippen MR) is 91.3 cm³/mol. The van der Waals surface area contributed by atoms with Crippen LogP contribution in [0.1, 0.15) is 77.6 Å². The lowest BCUT2D eigenvalue weighted by molar-refractivity contribution is -0.140. The molecule has 0 aliphatic carbocycles. The summed E-state index contributed by atoms with van der Waals surface area (Å²) in [6, 6.07) is 0. The Hall–Kier alpha value is -1.16. The van der Waals surface area contributed by atoms with Crippen molar-refractivity contribution >= 4 is 11.8 Å². The molecule has 0 aromatic heterocycles. The summed E-state index contributed by atoms with van der Waals surface area (Å²) in [5.41, 5.74) is 0. The van der Waals surface area contributed by atoms with Crippen LogP contribution in [0.3, 0.4) is 0 Å². The van der Waals surface area contributed by atoms with Crippen molar-refractivity contribution in [2.24, 2.45) is 0 Å². The number of esters is 1. The molecule has 1 saturated heterocycles. The maximum Gasteiger partial charge on any atom is 0.305 e. The van der Waals surface area contributed by atoms with Crippen LogP contribution in [0.25, 0.3) is 0 Å². The van der Waals surface area contributed by atoms with E-state index in [0.717, 1.165) is 38.5 Å². The van der Waals surface area contributed by atoms with E-state index in [-0.39, 0.29) is 17.9 Å². The molecule has 0 saturated carbocycles. The standard InChI is InChI=1S/C19H32O4/c1-3-4-8-12-17-18(23-17)15-14-16(20)11-9-6-5-7-10-13-19(21)22-2/h14-15,17-18H,3-13H2,1-2H3. The molecular weight excluding hydrogens is 292 g/mol. The van der Waals surface area contributed by atoms with Gasteiger partial charge in [-0.25, -0.2) is 0 Å². The number of epoxide rings is 1. The molecular formula is C19H32O4. The number of unbranched alkanes of at least 4 members (excludes halogenated alkanes) is 6. The number of ether oxygens (including phenoxy) is 2. The number of hydrogen-bond acceptors (Lipinski definition) is 4. The summed E-state index contributed by atoms with van der Waals surface area (Å²) in [6.07, 6.45) is 15.0. The largest absolute Gasteiger partial charge is 0.469 e. The lowest BCUT2D eigenvalue weighted by atomic mass is 10.1. The highest BCUT2D eigenvalue weighted by Crippen LogP contribution is 2.28. The summed E-state index contributed by atoms with van der Waals surface area (Å²) in [7, 11) is 1.42. The van der Waals surface area contributed by atoms with Gasteiger partial charge in [-0.15, -0.1) is 0 Å². The van der Waals surface area contributed by atoms with E-state index in [1.807, 2.05) is 6.08 Å². The molecule has 0 aromatic carbocycles. The van der Waals surface area contributed by atoms with Gasteiger partial charge in [0.2, 0.25) is 0 Å². The Morgan fingerprint density at radius 3 is 2.39 bits per heavy atom. The van der Waals surface area contributed by atoms with Crippen LogP contribution < -0.4 is 0 Å². The molecule has 4 nitrogen and oxygen atoms in total. The van der Waals surface area contributed by atoms with Crippen molar-refractivity contribution < 1.29 is 19.1 Å². The quantitative estimate of drug-likeness (QED) is 0.206. The Bertz CT molecular complexity index is 376. The van der Waals surface area contributed by atoms with E-state index in [1.165, 1.54) is 26.4 Å². The van der Waals surface area contributed by atoms with Gasteiger partial charge in [-0.3, -0.25) is 9.59 Å². The van der Waals surface area contributed by atoms with Gasteiger partial charge in [0.05, 0.1) is 13.2 Å². The van der Waals surface area contributed by atoms with Crippen molar-refractivity contribution in [3.05, 3.63) is 12.2 Å². The highest BCUT2D eigenvalue weighted by Gasteiger charge is 2.35. The first-order chi connectivity index (χ1) is 11.2. The number of carbonyl (C=O) groups excluding carboxylic acids is 2. The van der Waals surface area contributed by atoms with Crippen molar-refractivity contribution in [2.45, 2.75) is 89.8 Å². The SMILES string of the molecule is CCCCCC1OC1C=CC(=O)CCCCCCCC(=O)OC. The van der Waals surface area contributed by atoms with Crippen molar-refractivity contribution in [1.82, 2.24) is 0 Å².